The minimum atomic E-state index is -1.03. The van der Waals surface area contributed by atoms with Crippen LogP contribution in [0.4, 0.5) is 14.9 Å². The number of carbonyl (C=O) groups excluding carboxylic acids is 2. The summed E-state index contributed by atoms with van der Waals surface area (Å²) in [5, 5.41) is 14.8. The molecule has 0 aliphatic carbocycles. The second-order valence-electron chi connectivity index (χ2n) is 10.6. The SMILES string of the molecule is COC(=O)C1=C(CN2CCN3C(=O)N(c4ccc(/C=C/C(=O)O)cc4)CC3C2)NC(c2nccs2)=NC1c1ccc(F)cc1Cl. The molecule has 3 aliphatic heterocycles. The average Bonchev–Trinajstić information content (AvgIpc) is 3.68. The fraction of sp³-hybridized carbons (Fsp3) is 0.258. The topological polar surface area (TPSA) is 128 Å². The van der Waals surface area contributed by atoms with Crippen LogP contribution in [0.2, 0.25) is 5.02 Å². The van der Waals surface area contributed by atoms with E-state index in [4.69, 9.17) is 26.4 Å². The summed E-state index contributed by atoms with van der Waals surface area (Å²) in [4.78, 5) is 52.3. The Labute approximate surface area is 266 Å². The fourth-order valence-electron chi connectivity index (χ4n) is 5.76. The Morgan fingerprint density at radius 2 is 2.00 bits per heavy atom. The lowest BCUT2D eigenvalue weighted by Crippen LogP contribution is -2.53. The van der Waals surface area contributed by atoms with Gasteiger partial charge in [-0.3, -0.25) is 14.8 Å². The summed E-state index contributed by atoms with van der Waals surface area (Å²) >= 11 is 7.85. The number of nitrogens with one attached hydrogen (secondary N) is 1. The Morgan fingerprint density at radius 3 is 2.69 bits per heavy atom. The number of ether oxygens (including phenoxy) is 1. The highest BCUT2D eigenvalue weighted by Gasteiger charge is 2.42. The Balaban J connectivity index is 1.25. The highest BCUT2D eigenvalue weighted by Crippen LogP contribution is 2.37. The van der Waals surface area contributed by atoms with Gasteiger partial charge in [-0.15, -0.1) is 11.3 Å². The van der Waals surface area contributed by atoms with Crippen LogP contribution >= 0.6 is 22.9 Å². The lowest BCUT2D eigenvalue weighted by molar-refractivity contribution is -0.136. The first-order valence-electron chi connectivity index (χ1n) is 14.0. The van der Waals surface area contributed by atoms with Crippen molar-refractivity contribution in [2.75, 3.05) is 44.7 Å². The van der Waals surface area contributed by atoms with Gasteiger partial charge in [-0.2, -0.15) is 0 Å². The third kappa shape index (κ3) is 6.32. The number of carboxylic acid groups (broad SMARTS) is 1. The van der Waals surface area contributed by atoms with Crippen LogP contribution in [-0.4, -0.2) is 89.6 Å². The molecular weight excluding hydrogens is 623 g/mol. The van der Waals surface area contributed by atoms with E-state index in [0.717, 1.165) is 11.8 Å². The number of rotatable bonds is 8. The number of aromatic nitrogens is 1. The summed E-state index contributed by atoms with van der Waals surface area (Å²) < 4.78 is 19.1. The van der Waals surface area contributed by atoms with E-state index in [9.17, 15) is 18.8 Å². The quantitative estimate of drug-likeness (QED) is 0.275. The fourth-order valence-corrected chi connectivity index (χ4v) is 6.61. The van der Waals surface area contributed by atoms with E-state index in [1.165, 1.54) is 42.7 Å². The Kier molecular flexibility index (Phi) is 8.65. The van der Waals surface area contributed by atoms with E-state index in [-0.39, 0.29) is 22.7 Å². The van der Waals surface area contributed by atoms with Gasteiger partial charge < -0.3 is 20.1 Å². The first-order valence-corrected chi connectivity index (χ1v) is 15.3. The number of hydrogen-bond donors (Lipinski definition) is 2. The Hall–Kier alpha value is -4.59. The number of carbonyl (C=O) groups is 3. The number of piperazine rings is 1. The molecule has 1 aromatic heterocycles. The van der Waals surface area contributed by atoms with Crippen LogP contribution in [0.1, 0.15) is 22.2 Å². The molecule has 0 saturated carbocycles. The molecule has 2 N–H and O–H groups in total. The van der Waals surface area contributed by atoms with Crippen LogP contribution in [0.15, 0.2) is 76.4 Å². The van der Waals surface area contributed by atoms with Crippen LogP contribution in [0.25, 0.3) is 6.08 Å². The maximum absolute atomic E-state index is 14.0. The zero-order valence-corrected chi connectivity index (χ0v) is 25.6. The second kappa shape index (κ2) is 12.8. The third-order valence-electron chi connectivity index (χ3n) is 7.86. The number of amides is 2. The van der Waals surface area contributed by atoms with Gasteiger partial charge in [0.25, 0.3) is 0 Å². The van der Waals surface area contributed by atoms with E-state index >= 15 is 0 Å². The summed E-state index contributed by atoms with van der Waals surface area (Å²) in [7, 11) is 1.29. The highest BCUT2D eigenvalue weighted by atomic mass is 35.5. The minimum absolute atomic E-state index is 0.0945. The molecule has 11 nitrogen and oxygen atoms in total. The lowest BCUT2D eigenvalue weighted by Gasteiger charge is -2.38. The molecule has 232 valence electrons. The molecule has 2 saturated heterocycles. The van der Waals surface area contributed by atoms with E-state index in [0.29, 0.717) is 60.4 Å². The number of esters is 1. The molecule has 2 aromatic carbocycles. The summed E-state index contributed by atoms with van der Waals surface area (Å²) in [5.74, 6) is -1.67. The largest absolute Gasteiger partial charge is 0.478 e. The van der Waals surface area contributed by atoms with Gasteiger partial charge in [0.05, 0.1) is 18.7 Å². The summed E-state index contributed by atoms with van der Waals surface area (Å²) in [6, 6.07) is 10.1. The van der Waals surface area contributed by atoms with E-state index in [1.807, 2.05) is 10.3 Å². The van der Waals surface area contributed by atoms with Crippen LogP contribution in [0.5, 0.6) is 0 Å². The van der Waals surface area contributed by atoms with Gasteiger partial charge in [0.2, 0.25) is 0 Å². The number of anilines is 1. The van der Waals surface area contributed by atoms with Gasteiger partial charge >= 0.3 is 18.0 Å². The van der Waals surface area contributed by atoms with Gasteiger partial charge in [-0.05, 0) is 35.9 Å². The molecule has 3 aliphatic rings. The molecule has 0 spiro atoms. The van der Waals surface area contributed by atoms with Gasteiger partial charge in [-0.25, -0.2) is 23.8 Å². The number of fused-ring (bicyclic) bond motifs is 1. The number of hydrogen-bond acceptors (Lipinski definition) is 9. The smallest absolute Gasteiger partial charge is 0.338 e. The van der Waals surface area contributed by atoms with E-state index in [1.54, 1.807) is 35.4 Å². The molecule has 0 radical (unpaired) electrons. The predicted molar refractivity (Wildman–Crippen MR) is 168 cm³/mol. The normalized spacial score (nSPS) is 20.3. The number of halogens is 2. The van der Waals surface area contributed by atoms with E-state index in [2.05, 4.69) is 15.2 Å². The molecular formula is C31H28ClFN6O5S. The van der Waals surface area contributed by atoms with Crippen molar-refractivity contribution in [3.63, 3.8) is 0 Å². The van der Waals surface area contributed by atoms with Crippen LogP contribution < -0.4 is 10.2 Å². The summed E-state index contributed by atoms with van der Waals surface area (Å²) in [6.07, 6.45) is 4.22. The number of methoxy groups -OCH3 is 1. The van der Waals surface area contributed by atoms with Gasteiger partial charge in [-0.1, -0.05) is 29.8 Å². The molecule has 14 heteroatoms. The first kappa shape index (κ1) is 30.4. The number of amidine groups is 1. The van der Waals surface area contributed by atoms with Gasteiger partial charge in [0.15, 0.2) is 10.8 Å². The molecule has 4 heterocycles. The number of nitrogens with zero attached hydrogens (tertiary/aromatic N) is 5. The van der Waals surface area contributed by atoms with Crippen LogP contribution in [-0.2, 0) is 14.3 Å². The zero-order valence-electron chi connectivity index (χ0n) is 24.0. The van der Waals surface area contributed by atoms with Gasteiger partial charge in [0.1, 0.15) is 11.9 Å². The maximum atomic E-state index is 14.0. The van der Waals surface area contributed by atoms with Crippen LogP contribution in [0, 0.1) is 5.82 Å². The standard InChI is InChI=1S/C31H28ClFN6O5S/c1-44-30(42)26-24(35-28(29-34-10-13-45-29)36-27(26)22-8-5-19(33)14-23(22)32)17-37-11-12-38-21(15-37)16-39(31(38)43)20-6-2-18(3-7-20)4-9-25(40)41/h2-10,13-14,21,27H,11-12,15-17H2,1H3,(H,35,36)(H,40,41)/b9-4+. The van der Waals surface area contributed by atoms with Crippen LogP contribution in [0.3, 0.4) is 0 Å². The van der Waals surface area contributed by atoms with E-state index < -0.39 is 23.8 Å². The maximum Gasteiger partial charge on any atom is 0.338 e. The number of urea groups is 1. The van der Waals surface area contributed by atoms with Crippen molar-refractivity contribution in [1.29, 1.82) is 0 Å². The Bertz CT molecular complexity index is 1730. The highest BCUT2D eigenvalue weighted by molar-refractivity contribution is 7.11. The molecule has 2 atom stereocenters. The molecule has 2 amide bonds. The third-order valence-corrected chi connectivity index (χ3v) is 8.97. The molecule has 6 rings (SSSR count). The first-order chi connectivity index (χ1) is 21.7. The van der Waals surface area contributed by atoms with Crippen molar-refractivity contribution in [2.45, 2.75) is 12.1 Å². The lowest BCUT2D eigenvalue weighted by atomic mass is 9.95. The zero-order chi connectivity index (χ0) is 31.7. The van der Waals surface area contributed by atoms with Crippen molar-refractivity contribution >= 4 is 58.5 Å². The molecule has 0 bridgehead atoms. The predicted octanol–water partition coefficient (Wildman–Crippen LogP) is 4.18. The van der Waals surface area contributed by atoms with Crippen molar-refractivity contribution in [1.82, 2.24) is 20.1 Å². The summed E-state index contributed by atoms with van der Waals surface area (Å²) in [6.45, 7) is 2.39. The van der Waals surface area contributed by atoms with Gasteiger partial charge in [0, 0.05) is 72.3 Å². The van der Waals surface area contributed by atoms with Crippen molar-refractivity contribution in [2.24, 2.45) is 4.99 Å². The average molecular weight is 651 g/mol. The van der Waals surface area contributed by atoms with Crippen molar-refractivity contribution in [3.8, 4) is 0 Å². The number of carboxylic acids is 1. The molecule has 3 aromatic rings. The number of thiazole rings is 1. The van der Waals surface area contributed by atoms with Crippen molar-refractivity contribution < 1.29 is 28.6 Å². The number of aliphatic imine (C=N–C) groups is 1. The number of benzene rings is 2. The summed E-state index contributed by atoms with van der Waals surface area (Å²) in [5.41, 5.74) is 2.72. The Morgan fingerprint density at radius 1 is 1.20 bits per heavy atom. The minimum Gasteiger partial charge on any atom is -0.478 e. The second-order valence-corrected chi connectivity index (χ2v) is 11.9. The molecule has 45 heavy (non-hydrogen) atoms. The monoisotopic (exact) mass is 650 g/mol. The molecule has 2 fully saturated rings. The van der Waals surface area contributed by atoms with Crippen molar-refractivity contribution in [3.05, 3.63) is 98.4 Å². The number of aliphatic carboxylic acids is 1. The molecule has 2 unspecified atom stereocenters.